The van der Waals surface area contributed by atoms with Crippen LogP contribution in [0.4, 0.5) is 0 Å². The zero-order valence-electron chi connectivity index (χ0n) is 15.0. The average Bonchev–Trinajstić information content (AvgIpc) is 3.09. The number of nitrogens with zero attached hydrogens (tertiary/aromatic N) is 2. The molecule has 4 nitrogen and oxygen atoms in total. The van der Waals surface area contributed by atoms with E-state index in [9.17, 15) is 0 Å². The van der Waals surface area contributed by atoms with E-state index in [1.165, 1.54) is 16.7 Å². The topological polar surface area (TPSA) is 39.7 Å². The molecule has 5 heteroatoms. The molecule has 0 fully saturated rings. The van der Waals surface area contributed by atoms with Gasteiger partial charge < -0.3 is 15.5 Å². The molecular weight excluding hydrogens is 316 g/mol. The van der Waals surface area contributed by atoms with Crippen LogP contribution in [-0.4, -0.2) is 38.5 Å². The molecule has 130 valence electrons. The van der Waals surface area contributed by atoms with Gasteiger partial charge in [-0.25, -0.2) is 0 Å². The third-order valence-electron chi connectivity index (χ3n) is 3.86. The molecule has 0 aliphatic carbocycles. The van der Waals surface area contributed by atoms with Crippen LogP contribution in [0.3, 0.4) is 0 Å². The lowest BCUT2D eigenvalue weighted by Gasteiger charge is -2.16. The van der Waals surface area contributed by atoms with Gasteiger partial charge in [-0.2, -0.15) is 11.3 Å². The molecule has 0 aliphatic heterocycles. The molecule has 2 N–H and O–H groups in total. The smallest absolute Gasteiger partial charge is 0.191 e. The lowest BCUT2D eigenvalue weighted by Crippen LogP contribution is -2.38. The van der Waals surface area contributed by atoms with Crippen LogP contribution in [0.1, 0.15) is 29.5 Å². The van der Waals surface area contributed by atoms with Crippen molar-refractivity contribution in [3.05, 3.63) is 57.8 Å². The predicted octanol–water partition coefficient (Wildman–Crippen LogP) is 3.28. The lowest BCUT2D eigenvalue weighted by molar-refractivity contribution is 0.402. The Hall–Kier alpha value is -1.85. The Morgan fingerprint density at radius 2 is 2.00 bits per heavy atom. The maximum absolute atomic E-state index is 4.32. The van der Waals surface area contributed by atoms with Gasteiger partial charge in [-0.3, -0.25) is 4.99 Å². The van der Waals surface area contributed by atoms with Crippen LogP contribution in [-0.2, 0) is 13.1 Å². The van der Waals surface area contributed by atoms with Crippen molar-refractivity contribution in [1.29, 1.82) is 0 Å². The molecule has 1 unspecified atom stereocenters. The first kappa shape index (κ1) is 18.5. The second kappa shape index (κ2) is 9.45. The highest BCUT2D eigenvalue weighted by atomic mass is 32.1. The van der Waals surface area contributed by atoms with Crippen molar-refractivity contribution < 1.29 is 0 Å². The van der Waals surface area contributed by atoms with Gasteiger partial charge in [-0.05, 0) is 53.5 Å². The summed E-state index contributed by atoms with van der Waals surface area (Å²) >= 11 is 1.74. The third-order valence-corrected chi connectivity index (χ3v) is 4.56. The van der Waals surface area contributed by atoms with Crippen LogP contribution in [0, 0.1) is 0 Å². The van der Waals surface area contributed by atoms with Crippen molar-refractivity contribution in [3.63, 3.8) is 0 Å². The van der Waals surface area contributed by atoms with Gasteiger partial charge in [0.15, 0.2) is 5.96 Å². The van der Waals surface area contributed by atoms with Gasteiger partial charge in [0.05, 0.1) is 0 Å². The highest BCUT2D eigenvalue weighted by Crippen LogP contribution is 2.17. The molecular formula is C19H28N4S. The Labute approximate surface area is 149 Å². The van der Waals surface area contributed by atoms with Crippen molar-refractivity contribution in [2.75, 3.05) is 27.7 Å². The van der Waals surface area contributed by atoms with Crippen LogP contribution >= 0.6 is 11.3 Å². The number of hydrogen-bond donors (Lipinski definition) is 2. The van der Waals surface area contributed by atoms with E-state index in [1.54, 1.807) is 11.3 Å². The quantitative estimate of drug-likeness (QED) is 0.598. The Kier molecular flexibility index (Phi) is 7.28. The van der Waals surface area contributed by atoms with Gasteiger partial charge in [0.25, 0.3) is 0 Å². The standard InChI is InChI=1S/C19H28N4S/c1-15(18-8-9-24-14-18)11-21-19(20-2)22-12-16-6-5-7-17(10-16)13-23(3)4/h5-10,14-15H,11-13H2,1-4H3,(H2,20,21,22). The minimum Gasteiger partial charge on any atom is -0.356 e. The molecule has 1 aromatic heterocycles. The first-order valence-corrected chi connectivity index (χ1v) is 9.22. The number of thiophene rings is 1. The highest BCUT2D eigenvalue weighted by molar-refractivity contribution is 7.07. The van der Waals surface area contributed by atoms with E-state index in [4.69, 9.17) is 0 Å². The largest absolute Gasteiger partial charge is 0.356 e. The molecule has 0 spiro atoms. The molecule has 2 rings (SSSR count). The van der Waals surface area contributed by atoms with Crippen LogP contribution in [0.2, 0.25) is 0 Å². The first-order chi connectivity index (χ1) is 11.6. The molecule has 0 amide bonds. The minimum atomic E-state index is 0.471. The number of benzene rings is 1. The van der Waals surface area contributed by atoms with E-state index in [1.807, 2.05) is 7.05 Å². The maximum Gasteiger partial charge on any atom is 0.191 e. The monoisotopic (exact) mass is 344 g/mol. The minimum absolute atomic E-state index is 0.471. The van der Waals surface area contributed by atoms with Gasteiger partial charge >= 0.3 is 0 Å². The van der Waals surface area contributed by atoms with E-state index in [-0.39, 0.29) is 0 Å². The Balaban J connectivity index is 1.83. The fraction of sp³-hybridized carbons (Fsp3) is 0.421. The Bertz CT molecular complexity index is 635. The zero-order valence-corrected chi connectivity index (χ0v) is 15.9. The van der Waals surface area contributed by atoms with Gasteiger partial charge in [-0.1, -0.05) is 31.2 Å². The number of rotatable bonds is 7. The molecule has 0 saturated carbocycles. The number of nitrogens with one attached hydrogen (secondary N) is 2. The molecule has 0 aliphatic rings. The van der Waals surface area contributed by atoms with Crippen LogP contribution in [0.15, 0.2) is 46.1 Å². The van der Waals surface area contributed by atoms with Gasteiger partial charge in [0.2, 0.25) is 0 Å². The van der Waals surface area contributed by atoms with Crippen LogP contribution in [0.5, 0.6) is 0 Å². The molecule has 2 aromatic rings. The second-order valence-corrected chi connectivity index (χ2v) is 7.10. The summed E-state index contributed by atoms with van der Waals surface area (Å²) in [4.78, 5) is 6.50. The van der Waals surface area contributed by atoms with Gasteiger partial charge in [0, 0.05) is 26.7 Å². The normalized spacial score (nSPS) is 13.1. The van der Waals surface area contributed by atoms with Crippen molar-refractivity contribution in [2.24, 2.45) is 4.99 Å². The highest BCUT2D eigenvalue weighted by Gasteiger charge is 2.07. The summed E-state index contributed by atoms with van der Waals surface area (Å²) in [6.45, 7) is 4.83. The number of guanidine groups is 1. The zero-order chi connectivity index (χ0) is 17.4. The van der Waals surface area contributed by atoms with Crippen LogP contribution in [0.25, 0.3) is 0 Å². The number of hydrogen-bond acceptors (Lipinski definition) is 3. The van der Waals surface area contributed by atoms with Crippen LogP contribution < -0.4 is 10.6 Å². The molecule has 0 radical (unpaired) electrons. The molecule has 1 heterocycles. The maximum atomic E-state index is 4.32. The SMILES string of the molecule is CN=C(NCc1cccc(CN(C)C)c1)NCC(C)c1ccsc1. The fourth-order valence-electron chi connectivity index (χ4n) is 2.53. The van der Waals surface area contributed by atoms with Gasteiger partial charge in [0.1, 0.15) is 0 Å². The third kappa shape index (κ3) is 5.98. The summed E-state index contributed by atoms with van der Waals surface area (Å²) in [6.07, 6.45) is 0. The summed E-state index contributed by atoms with van der Waals surface area (Å²) in [5.41, 5.74) is 3.97. The first-order valence-electron chi connectivity index (χ1n) is 8.27. The number of aliphatic imine (C=N–C) groups is 1. The van der Waals surface area contributed by atoms with Crippen molar-refractivity contribution in [3.8, 4) is 0 Å². The Morgan fingerprint density at radius 1 is 1.21 bits per heavy atom. The lowest BCUT2D eigenvalue weighted by atomic mass is 10.1. The molecule has 0 bridgehead atoms. The summed E-state index contributed by atoms with van der Waals surface area (Å²) in [7, 11) is 5.99. The second-order valence-electron chi connectivity index (χ2n) is 6.32. The predicted molar refractivity (Wildman–Crippen MR) is 105 cm³/mol. The van der Waals surface area contributed by atoms with E-state index < -0.39 is 0 Å². The van der Waals surface area contributed by atoms with E-state index in [2.05, 4.69) is 82.6 Å². The van der Waals surface area contributed by atoms with E-state index in [0.717, 1.165) is 25.6 Å². The molecule has 1 aromatic carbocycles. The Morgan fingerprint density at radius 3 is 2.67 bits per heavy atom. The molecule has 1 atom stereocenters. The molecule has 24 heavy (non-hydrogen) atoms. The summed E-state index contributed by atoms with van der Waals surface area (Å²) in [5, 5.41) is 11.1. The van der Waals surface area contributed by atoms with Crippen molar-refractivity contribution >= 4 is 17.3 Å². The van der Waals surface area contributed by atoms with Crippen molar-refractivity contribution in [2.45, 2.75) is 25.9 Å². The fourth-order valence-corrected chi connectivity index (χ4v) is 3.31. The van der Waals surface area contributed by atoms with Gasteiger partial charge in [-0.15, -0.1) is 0 Å². The summed E-state index contributed by atoms with van der Waals surface area (Å²) in [5.74, 6) is 1.31. The van der Waals surface area contributed by atoms with E-state index >= 15 is 0 Å². The van der Waals surface area contributed by atoms with Crippen molar-refractivity contribution in [1.82, 2.24) is 15.5 Å². The summed E-state index contributed by atoms with van der Waals surface area (Å²) < 4.78 is 0. The molecule has 0 saturated heterocycles. The average molecular weight is 345 g/mol. The van der Waals surface area contributed by atoms with E-state index in [0.29, 0.717) is 5.92 Å². The summed E-state index contributed by atoms with van der Waals surface area (Å²) in [6, 6.07) is 10.9.